The summed E-state index contributed by atoms with van der Waals surface area (Å²) in [5.74, 6) is 1.70. The van der Waals surface area contributed by atoms with Crippen LogP contribution < -0.4 is 10.6 Å². The van der Waals surface area contributed by atoms with Crippen molar-refractivity contribution in [3.63, 3.8) is 0 Å². The molecule has 0 aliphatic carbocycles. The molecule has 0 aliphatic heterocycles. The Labute approximate surface area is 192 Å². The summed E-state index contributed by atoms with van der Waals surface area (Å²) in [6.07, 6.45) is 3.87. The number of carbonyl (C=O) groups excluding carboxylic acids is 1. The predicted octanol–water partition coefficient (Wildman–Crippen LogP) is 4.73. The smallest absolute Gasteiger partial charge is 0.251 e. The van der Waals surface area contributed by atoms with Gasteiger partial charge >= 0.3 is 0 Å². The second-order valence-corrected chi connectivity index (χ2v) is 8.61. The number of nitrogens with one attached hydrogen (secondary N) is 2. The number of rotatable bonds is 10. The second kappa shape index (κ2) is 10.5. The predicted molar refractivity (Wildman–Crippen MR) is 131 cm³/mol. The lowest BCUT2D eigenvalue weighted by Gasteiger charge is -2.10. The fraction of sp³-hybridized carbons (Fsp3) is 0.333. The van der Waals surface area contributed by atoms with Crippen molar-refractivity contribution in [1.29, 1.82) is 0 Å². The summed E-state index contributed by atoms with van der Waals surface area (Å²) in [5.41, 5.74) is 1.44. The summed E-state index contributed by atoms with van der Waals surface area (Å²) in [7, 11) is 0. The van der Waals surface area contributed by atoms with Crippen molar-refractivity contribution in [2.24, 2.45) is 0 Å². The van der Waals surface area contributed by atoms with Crippen LogP contribution in [0.5, 0.6) is 0 Å². The summed E-state index contributed by atoms with van der Waals surface area (Å²) in [4.78, 5) is 22.1. The van der Waals surface area contributed by atoms with Crippen LogP contribution in [-0.2, 0) is 6.54 Å². The molecule has 0 aliphatic rings. The van der Waals surface area contributed by atoms with E-state index in [1.807, 2.05) is 47.1 Å². The number of carbonyl (C=O) groups is 1. The molecule has 0 saturated carbocycles. The first-order valence-corrected chi connectivity index (χ1v) is 12.1. The van der Waals surface area contributed by atoms with E-state index in [0.29, 0.717) is 18.7 Å². The molecule has 0 spiro atoms. The lowest BCUT2D eigenvalue weighted by molar-refractivity contribution is 0.0952. The van der Waals surface area contributed by atoms with Crippen LogP contribution in [0.3, 0.4) is 0 Å². The summed E-state index contributed by atoms with van der Waals surface area (Å²) >= 11 is 1.65. The molecule has 32 heavy (non-hydrogen) atoms. The van der Waals surface area contributed by atoms with E-state index >= 15 is 0 Å². The number of fused-ring (bicyclic) bond motifs is 2. The Kier molecular flexibility index (Phi) is 7.21. The van der Waals surface area contributed by atoms with Crippen molar-refractivity contribution in [2.45, 2.75) is 38.4 Å². The average Bonchev–Trinajstić information content (AvgIpc) is 3.23. The van der Waals surface area contributed by atoms with Gasteiger partial charge in [0.15, 0.2) is 10.8 Å². The van der Waals surface area contributed by atoms with Gasteiger partial charge < -0.3 is 10.6 Å². The summed E-state index contributed by atoms with van der Waals surface area (Å²) in [6.45, 7) is 6.10. The Hall–Kier alpha value is -3.13. The van der Waals surface area contributed by atoms with Gasteiger partial charge in [0.1, 0.15) is 5.82 Å². The molecule has 1 amide bonds. The Bertz CT molecular complexity index is 1220. The van der Waals surface area contributed by atoms with Crippen molar-refractivity contribution in [3.8, 4) is 0 Å². The first-order chi connectivity index (χ1) is 15.7. The van der Waals surface area contributed by atoms with Crippen molar-refractivity contribution in [3.05, 3.63) is 54.2 Å². The van der Waals surface area contributed by atoms with Crippen LogP contribution in [0.2, 0.25) is 0 Å². The average molecular weight is 449 g/mol. The van der Waals surface area contributed by atoms with Crippen LogP contribution in [0.4, 0.5) is 5.82 Å². The SMILES string of the molecule is CCCNc1nc(SCCC)nc2c1cnn2CCNC(=O)c1ccc2ccccc2c1. The lowest BCUT2D eigenvalue weighted by Crippen LogP contribution is -2.27. The molecular weight excluding hydrogens is 420 g/mol. The van der Waals surface area contributed by atoms with Gasteiger partial charge in [0.05, 0.1) is 18.1 Å². The van der Waals surface area contributed by atoms with E-state index in [9.17, 15) is 4.79 Å². The third-order valence-electron chi connectivity index (χ3n) is 5.07. The maximum Gasteiger partial charge on any atom is 0.251 e. The maximum atomic E-state index is 12.6. The molecule has 2 heterocycles. The maximum absolute atomic E-state index is 12.6. The molecule has 7 nitrogen and oxygen atoms in total. The van der Waals surface area contributed by atoms with Gasteiger partial charge in [0.2, 0.25) is 0 Å². The van der Waals surface area contributed by atoms with E-state index in [-0.39, 0.29) is 5.91 Å². The van der Waals surface area contributed by atoms with Crippen molar-refractivity contribution in [1.82, 2.24) is 25.1 Å². The Balaban J connectivity index is 1.47. The molecule has 2 aromatic heterocycles. The number of anilines is 1. The zero-order valence-corrected chi connectivity index (χ0v) is 19.3. The highest BCUT2D eigenvalue weighted by Gasteiger charge is 2.14. The van der Waals surface area contributed by atoms with E-state index in [0.717, 1.165) is 57.9 Å². The molecule has 0 saturated heterocycles. The number of amides is 1. The Morgan fingerprint density at radius 2 is 1.88 bits per heavy atom. The molecule has 0 atom stereocenters. The zero-order valence-electron chi connectivity index (χ0n) is 18.5. The van der Waals surface area contributed by atoms with Crippen LogP contribution in [0.1, 0.15) is 37.0 Å². The van der Waals surface area contributed by atoms with Gasteiger partial charge in [-0.2, -0.15) is 5.10 Å². The Morgan fingerprint density at radius 3 is 2.69 bits per heavy atom. The van der Waals surface area contributed by atoms with Crippen molar-refractivity contribution >= 4 is 45.3 Å². The third-order valence-corrected chi connectivity index (χ3v) is 6.13. The third kappa shape index (κ3) is 5.02. The van der Waals surface area contributed by atoms with Gasteiger partial charge in [-0.25, -0.2) is 14.6 Å². The lowest BCUT2D eigenvalue weighted by atomic mass is 10.1. The number of nitrogens with zero attached hydrogens (tertiary/aromatic N) is 4. The van der Waals surface area contributed by atoms with Gasteiger partial charge in [-0.15, -0.1) is 0 Å². The highest BCUT2D eigenvalue weighted by atomic mass is 32.2. The van der Waals surface area contributed by atoms with E-state index in [4.69, 9.17) is 4.98 Å². The first-order valence-electron chi connectivity index (χ1n) is 11.1. The van der Waals surface area contributed by atoms with E-state index in [2.05, 4.69) is 34.6 Å². The fourth-order valence-electron chi connectivity index (χ4n) is 3.44. The molecule has 0 radical (unpaired) electrons. The van der Waals surface area contributed by atoms with E-state index in [1.54, 1.807) is 18.0 Å². The number of benzene rings is 2. The van der Waals surface area contributed by atoms with Crippen LogP contribution in [0, 0.1) is 0 Å². The minimum absolute atomic E-state index is 0.0914. The molecule has 4 rings (SSSR count). The molecule has 166 valence electrons. The van der Waals surface area contributed by atoms with Gasteiger partial charge in [0, 0.05) is 24.4 Å². The van der Waals surface area contributed by atoms with Gasteiger partial charge in [-0.1, -0.05) is 55.9 Å². The molecule has 0 fully saturated rings. The van der Waals surface area contributed by atoms with Crippen LogP contribution in [0.25, 0.3) is 21.8 Å². The molecule has 0 bridgehead atoms. The second-order valence-electron chi connectivity index (χ2n) is 7.55. The monoisotopic (exact) mass is 448 g/mol. The highest BCUT2D eigenvalue weighted by molar-refractivity contribution is 7.99. The van der Waals surface area contributed by atoms with E-state index < -0.39 is 0 Å². The summed E-state index contributed by atoms with van der Waals surface area (Å²) < 4.78 is 1.84. The quantitative estimate of drug-likeness (QED) is 0.269. The zero-order chi connectivity index (χ0) is 22.3. The number of aromatic nitrogens is 4. The number of hydrogen-bond acceptors (Lipinski definition) is 6. The van der Waals surface area contributed by atoms with Gasteiger partial charge in [-0.05, 0) is 35.7 Å². The fourth-order valence-corrected chi connectivity index (χ4v) is 4.14. The molecule has 0 unspecified atom stereocenters. The minimum Gasteiger partial charge on any atom is -0.369 e. The standard InChI is InChI=1S/C24H28N6OS/c1-3-11-25-21-20-16-27-30(22(20)29-24(28-21)32-14-4-2)13-12-26-23(31)19-10-9-17-7-5-6-8-18(17)15-19/h5-10,15-16H,3-4,11-14H2,1-2H3,(H,26,31)(H,25,28,29). The minimum atomic E-state index is -0.0914. The number of hydrogen-bond donors (Lipinski definition) is 2. The normalized spacial score (nSPS) is 11.2. The topological polar surface area (TPSA) is 84.7 Å². The van der Waals surface area contributed by atoms with Gasteiger partial charge in [-0.3, -0.25) is 4.79 Å². The summed E-state index contributed by atoms with van der Waals surface area (Å²) in [6, 6.07) is 13.8. The largest absolute Gasteiger partial charge is 0.369 e. The highest BCUT2D eigenvalue weighted by Crippen LogP contribution is 2.24. The van der Waals surface area contributed by atoms with Crippen molar-refractivity contribution < 1.29 is 4.79 Å². The first kappa shape index (κ1) is 22.1. The van der Waals surface area contributed by atoms with Crippen molar-refractivity contribution in [2.75, 3.05) is 24.2 Å². The molecular formula is C24H28N6OS. The Morgan fingerprint density at radius 1 is 1.03 bits per heavy atom. The van der Waals surface area contributed by atoms with Crippen LogP contribution >= 0.6 is 11.8 Å². The van der Waals surface area contributed by atoms with Crippen LogP contribution in [-0.4, -0.2) is 44.5 Å². The van der Waals surface area contributed by atoms with Crippen LogP contribution in [0.15, 0.2) is 53.8 Å². The summed E-state index contributed by atoms with van der Waals surface area (Å²) in [5, 5.41) is 14.7. The molecule has 4 aromatic rings. The molecule has 2 N–H and O–H groups in total. The number of thioether (sulfide) groups is 1. The van der Waals surface area contributed by atoms with E-state index in [1.165, 1.54) is 0 Å². The van der Waals surface area contributed by atoms with Gasteiger partial charge in [0.25, 0.3) is 5.91 Å². The molecule has 2 aromatic carbocycles. The molecule has 8 heteroatoms.